The highest BCUT2D eigenvalue weighted by molar-refractivity contribution is 6.05. The van der Waals surface area contributed by atoms with Gasteiger partial charge in [0, 0.05) is 11.4 Å². The minimum absolute atomic E-state index is 0.443. The van der Waals surface area contributed by atoms with Gasteiger partial charge >= 0.3 is 0 Å². The highest BCUT2D eigenvalue weighted by Crippen LogP contribution is 2.19. The predicted molar refractivity (Wildman–Crippen MR) is 67.9 cm³/mol. The SMILES string of the molecule is CC.CCc1cc(C(N)=O)c2c(C)[nH]nc2n1. The van der Waals surface area contributed by atoms with Gasteiger partial charge in [0.2, 0.25) is 5.91 Å². The van der Waals surface area contributed by atoms with Crippen LogP contribution in [-0.2, 0) is 6.42 Å². The van der Waals surface area contributed by atoms with E-state index in [0.717, 1.165) is 23.2 Å². The van der Waals surface area contributed by atoms with Crippen molar-refractivity contribution in [2.24, 2.45) is 5.73 Å². The van der Waals surface area contributed by atoms with Gasteiger partial charge in [-0.05, 0) is 19.4 Å². The summed E-state index contributed by atoms with van der Waals surface area (Å²) in [5.41, 5.74) is 8.00. The second-order valence-electron chi connectivity index (χ2n) is 3.43. The number of pyridine rings is 1. The molecular weight excluding hydrogens is 216 g/mol. The van der Waals surface area contributed by atoms with E-state index in [1.54, 1.807) is 6.07 Å². The van der Waals surface area contributed by atoms with Gasteiger partial charge in [0.1, 0.15) is 0 Å². The number of nitrogens with zero attached hydrogens (tertiary/aromatic N) is 2. The number of aryl methyl sites for hydroxylation is 2. The van der Waals surface area contributed by atoms with Crippen molar-refractivity contribution in [2.75, 3.05) is 0 Å². The Morgan fingerprint density at radius 2 is 2.12 bits per heavy atom. The second kappa shape index (κ2) is 5.43. The topological polar surface area (TPSA) is 84.7 Å². The Labute approximate surface area is 100 Å². The molecule has 0 bridgehead atoms. The summed E-state index contributed by atoms with van der Waals surface area (Å²) >= 11 is 0. The van der Waals surface area contributed by atoms with Gasteiger partial charge in [-0.2, -0.15) is 5.10 Å². The third kappa shape index (κ3) is 2.43. The van der Waals surface area contributed by atoms with Gasteiger partial charge in [0.15, 0.2) is 5.65 Å². The van der Waals surface area contributed by atoms with Gasteiger partial charge < -0.3 is 5.73 Å². The number of carbonyl (C=O) groups excluding carboxylic acids is 1. The fourth-order valence-corrected chi connectivity index (χ4v) is 1.60. The third-order valence-corrected chi connectivity index (χ3v) is 2.39. The number of fused-ring (bicyclic) bond motifs is 1. The summed E-state index contributed by atoms with van der Waals surface area (Å²) in [6.45, 7) is 7.81. The molecule has 2 heterocycles. The van der Waals surface area contributed by atoms with Gasteiger partial charge in [-0.1, -0.05) is 20.8 Å². The second-order valence-corrected chi connectivity index (χ2v) is 3.43. The smallest absolute Gasteiger partial charge is 0.249 e. The van der Waals surface area contributed by atoms with Crippen molar-refractivity contribution in [1.82, 2.24) is 15.2 Å². The predicted octanol–water partition coefficient (Wildman–Crippen LogP) is 1.95. The molecule has 0 aliphatic carbocycles. The van der Waals surface area contributed by atoms with Crippen LogP contribution in [0.4, 0.5) is 0 Å². The summed E-state index contributed by atoms with van der Waals surface area (Å²) in [6, 6.07) is 1.73. The minimum atomic E-state index is -0.443. The molecule has 0 unspecified atom stereocenters. The number of hydrogen-bond donors (Lipinski definition) is 2. The van der Waals surface area contributed by atoms with Crippen LogP contribution in [0.5, 0.6) is 0 Å². The van der Waals surface area contributed by atoms with E-state index in [-0.39, 0.29) is 0 Å². The molecule has 0 spiro atoms. The molecule has 2 aromatic rings. The maximum Gasteiger partial charge on any atom is 0.249 e. The summed E-state index contributed by atoms with van der Waals surface area (Å²) in [5, 5.41) is 7.55. The largest absolute Gasteiger partial charge is 0.366 e. The van der Waals surface area contributed by atoms with Crippen LogP contribution in [-0.4, -0.2) is 21.1 Å². The van der Waals surface area contributed by atoms with Gasteiger partial charge in [0.05, 0.1) is 10.9 Å². The molecule has 0 fully saturated rings. The van der Waals surface area contributed by atoms with Crippen LogP contribution in [0.15, 0.2) is 6.07 Å². The average Bonchev–Trinajstić information content (AvgIpc) is 2.72. The monoisotopic (exact) mass is 234 g/mol. The zero-order chi connectivity index (χ0) is 13.0. The molecule has 92 valence electrons. The number of H-pyrrole nitrogens is 1. The fourth-order valence-electron chi connectivity index (χ4n) is 1.60. The molecule has 5 heteroatoms. The molecule has 0 saturated carbocycles. The Morgan fingerprint density at radius 1 is 1.47 bits per heavy atom. The molecule has 3 N–H and O–H groups in total. The first kappa shape index (κ1) is 13.2. The van der Waals surface area contributed by atoms with Crippen molar-refractivity contribution in [3.05, 3.63) is 23.0 Å². The van der Waals surface area contributed by atoms with Crippen molar-refractivity contribution in [2.45, 2.75) is 34.1 Å². The summed E-state index contributed by atoms with van der Waals surface area (Å²) < 4.78 is 0. The van der Waals surface area contributed by atoms with Crippen molar-refractivity contribution >= 4 is 16.9 Å². The molecule has 0 saturated heterocycles. The van der Waals surface area contributed by atoms with Crippen molar-refractivity contribution in [1.29, 1.82) is 0 Å². The first-order valence-corrected chi connectivity index (χ1v) is 5.78. The zero-order valence-electron chi connectivity index (χ0n) is 10.7. The molecule has 0 aliphatic rings. The standard InChI is InChI=1S/C10H12N4O.C2H6/c1-3-6-4-7(9(11)15)8-5(2)13-14-10(8)12-6;1-2/h4H,3H2,1-2H3,(H2,11,15)(H,12,13,14);1-2H3. The van der Waals surface area contributed by atoms with Gasteiger partial charge in [-0.3, -0.25) is 9.89 Å². The molecule has 0 atom stereocenters. The lowest BCUT2D eigenvalue weighted by Crippen LogP contribution is -2.12. The lowest BCUT2D eigenvalue weighted by molar-refractivity contribution is 0.100. The molecule has 2 rings (SSSR count). The molecule has 0 aliphatic heterocycles. The molecule has 17 heavy (non-hydrogen) atoms. The molecule has 1 amide bonds. The summed E-state index contributed by atoms with van der Waals surface area (Å²) in [4.78, 5) is 15.6. The van der Waals surface area contributed by atoms with Crippen LogP contribution >= 0.6 is 0 Å². The van der Waals surface area contributed by atoms with Gasteiger partial charge in [-0.25, -0.2) is 4.98 Å². The Morgan fingerprint density at radius 3 is 2.65 bits per heavy atom. The van der Waals surface area contributed by atoms with E-state index in [0.29, 0.717) is 11.2 Å². The first-order valence-electron chi connectivity index (χ1n) is 5.78. The normalized spacial score (nSPS) is 9.88. The molecular formula is C12H18N4O. The lowest BCUT2D eigenvalue weighted by Gasteiger charge is -2.01. The summed E-state index contributed by atoms with van der Waals surface area (Å²) in [6.07, 6.45) is 0.752. The van der Waals surface area contributed by atoms with E-state index < -0.39 is 5.91 Å². The fraction of sp³-hybridized carbons (Fsp3) is 0.417. The lowest BCUT2D eigenvalue weighted by atomic mass is 10.1. The molecule has 0 radical (unpaired) electrons. The van der Waals surface area contributed by atoms with Gasteiger partial charge in [0.25, 0.3) is 0 Å². The Hall–Kier alpha value is -1.91. The number of aromatic nitrogens is 3. The van der Waals surface area contributed by atoms with Gasteiger partial charge in [-0.15, -0.1) is 0 Å². The van der Waals surface area contributed by atoms with Crippen molar-refractivity contribution in [3.8, 4) is 0 Å². The molecule has 5 nitrogen and oxygen atoms in total. The van der Waals surface area contributed by atoms with Crippen LogP contribution < -0.4 is 5.73 Å². The maximum absolute atomic E-state index is 11.3. The van der Waals surface area contributed by atoms with E-state index in [4.69, 9.17) is 5.73 Å². The van der Waals surface area contributed by atoms with E-state index in [1.165, 1.54) is 0 Å². The molecule has 0 aromatic carbocycles. The number of aromatic amines is 1. The number of rotatable bonds is 2. The summed E-state index contributed by atoms with van der Waals surface area (Å²) in [5.74, 6) is -0.443. The van der Waals surface area contributed by atoms with Crippen LogP contribution in [0, 0.1) is 6.92 Å². The van der Waals surface area contributed by atoms with Crippen LogP contribution in [0.25, 0.3) is 11.0 Å². The molecule has 2 aromatic heterocycles. The third-order valence-electron chi connectivity index (χ3n) is 2.39. The maximum atomic E-state index is 11.3. The van der Waals surface area contributed by atoms with Crippen LogP contribution in [0.1, 0.15) is 42.5 Å². The highest BCUT2D eigenvalue weighted by atomic mass is 16.1. The number of hydrogen-bond acceptors (Lipinski definition) is 3. The summed E-state index contributed by atoms with van der Waals surface area (Å²) in [7, 11) is 0. The number of nitrogens with two attached hydrogens (primary N) is 1. The number of carbonyl (C=O) groups is 1. The zero-order valence-corrected chi connectivity index (χ0v) is 10.7. The van der Waals surface area contributed by atoms with Crippen molar-refractivity contribution < 1.29 is 4.79 Å². The van der Waals surface area contributed by atoms with Crippen LogP contribution in [0.3, 0.4) is 0 Å². The minimum Gasteiger partial charge on any atom is -0.366 e. The Balaban J connectivity index is 0.000000686. The Bertz CT molecular complexity index is 531. The quantitative estimate of drug-likeness (QED) is 0.832. The number of primary amides is 1. The first-order chi connectivity index (χ1) is 8.13. The van der Waals surface area contributed by atoms with Crippen LogP contribution in [0.2, 0.25) is 0 Å². The number of nitrogens with one attached hydrogen (secondary N) is 1. The van der Waals surface area contributed by atoms with E-state index in [1.807, 2.05) is 27.7 Å². The van der Waals surface area contributed by atoms with E-state index in [2.05, 4.69) is 15.2 Å². The highest BCUT2D eigenvalue weighted by Gasteiger charge is 2.13. The average molecular weight is 234 g/mol. The van der Waals surface area contributed by atoms with E-state index in [9.17, 15) is 4.79 Å². The van der Waals surface area contributed by atoms with E-state index >= 15 is 0 Å². The Kier molecular flexibility index (Phi) is 4.20. The van der Waals surface area contributed by atoms with Crippen molar-refractivity contribution in [3.63, 3.8) is 0 Å². The number of amides is 1.